The van der Waals surface area contributed by atoms with Crippen LogP contribution in [0.1, 0.15) is 0 Å². The zero-order valence-corrected chi connectivity index (χ0v) is 13.1. The summed E-state index contributed by atoms with van der Waals surface area (Å²) >= 11 is 15.3. The van der Waals surface area contributed by atoms with Crippen LogP contribution in [0.25, 0.3) is 22.9 Å². The summed E-state index contributed by atoms with van der Waals surface area (Å²) in [5.41, 5.74) is 1.57. The third-order valence-corrected chi connectivity index (χ3v) is 4.13. The minimum atomic E-state index is 0.398. The molecular weight excluding hydrogens is 363 g/mol. The maximum absolute atomic E-state index is 5.98. The van der Waals surface area contributed by atoms with Crippen LogP contribution in [0.3, 0.4) is 0 Å². The lowest BCUT2D eigenvalue weighted by Crippen LogP contribution is -1.79. The molecule has 0 aliphatic heterocycles. The average Bonchev–Trinajstić information content (AvgIpc) is 2.92. The van der Waals surface area contributed by atoms with E-state index in [0.717, 1.165) is 15.6 Å². The van der Waals surface area contributed by atoms with E-state index in [2.05, 4.69) is 26.1 Å². The summed E-state index contributed by atoms with van der Waals surface area (Å²) < 4.78 is 6.57. The van der Waals surface area contributed by atoms with Crippen LogP contribution in [0.4, 0.5) is 0 Å². The number of aromatic nitrogens is 2. The molecule has 3 nitrogen and oxygen atoms in total. The summed E-state index contributed by atoms with van der Waals surface area (Å²) in [6.45, 7) is 0. The largest absolute Gasteiger partial charge is 0.416 e. The second kappa shape index (κ2) is 5.56. The molecule has 0 saturated carbocycles. The van der Waals surface area contributed by atoms with Crippen molar-refractivity contribution in [3.05, 3.63) is 57.0 Å². The Bertz CT molecular complexity index is 773. The van der Waals surface area contributed by atoms with E-state index in [1.807, 2.05) is 24.3 Å². The number of rotatable bonds is 2. The van der Waals surface area contributed by atoms with Gasteiger partial charge in [0.05, 0.1) is 15.6 Å². The van der Waals surface area contributed by atoms with Crippen molar-refractivity contribution in [2.24, 2.45) is 0 Å². The van der Waals surface area contributed by atoms with Gasteiger partial charge in [-0.1, -0.05) is 35.3 Å². The Morgan fingerprint density at radius 3 is 2.40 bits per heavy atom. The summed E-state index contributed by atoms with van der Waals surface area (Å²) in [6.07, 6.45) is 0. The van der Waals surface area contributed by atoms with E-state index in [1.54, 1.807) is 18.2 Å². The Morgan fingerprint density at radius 2 is 1.65 bits per heavy atom. The molecule has 0 spiro atoms. The van der Waals surface area contributed by atoms with E-state index in [9.17, 15) is 0 Å². The first-order chi connectivity index (χ1) is 9.65. The molecule has 0 fully saturated rings. The number of hydrogen-bond donors (Lipinski definition) is 0. The van der Waals surface area contributed by atoms with Gasteiger partial charge in [-0.25, -0.2) is 0 Å². The molecule has 0 aliphatic carbocycles. The Labute approximate surface area is 133 Å². The molecule has 0 radical (unpaired) electrons. The minimum Gasteiger partial charge on any atom is -0.416 e. The Hall–Kier alpha value is -1.36. The van der Waals surface area contributed by atoms with Crippen LogP contribution in [0.5, 0.6) is 0 Å². The van der Waals surface area contributed by atoms with Crippen molar-refractivity contribution in [2.45, 2.75) is 0 Å². The second-order valence-electron chi connectivity index (χ2n) is 4.02. The third kappa shape index (κ3) is 2.59. The van der Waals surface area contributed by atoms with Crippen molar-refractivity contribution in [3.8, 4) is 22.9 Å². The zero-order chi connectivity index (χ0) is 14.1. The molecule has 0 atom stereocenters. The third-order valence-electron chi connectivity index (χ3n) is 2.70. The van der Waals surface area contributed by atoms with Gasteiger partial charge in [0.25, 0.3) is 0 Å². The highest BCUT2D eigenvalue weighted by atomic mass is 79.9. The monoisotopic (exact) mass is 368 g/mol. The van der Waals surface area contributed by atoms with Crippen LogP contribution in [0, 0.1) is 0 Å². The lowest BCUT2D eigenvalue weighted by Gasteiger charge is -1.99. The van der Waals surface area contributed by atoms with Crippen molar-refractivity contribution in [3.63, 3.8) is 0 Å². The molecule has 0 amide bonds. The fourth-order valence-electron chi connectivity index (χ4n) is 1.71. The van der Waals surface area contributed by atoms with Gasteiger partial charge in [-0.2, -0.15) is 0 Å². The predicted octanol–water partition coefficient (Wildman–Crippen LogP) is 5.47. The Morgan fingerprint density at radius 1 is 0.900 bits per heavy atom. The molecular formula is C14H7BrCl2N2O. The van der Waals surface area contributed by atoms with Gasteiger partial charge in [-0.3, -0.25) is 0 Å². The zero-order valence-electron chi connectivity index (χ0n) is 9.98. The van der Waals surface area contributed by atoms with Crippen LogP contribution >= 0.6 is 39.1 Å². The van der Waals surface area contributed by atoms with Crippen LogP contribution in [0.2, 0.25) is 10.0 Å². The Kier molecular flexibility index (Phi) is 3.78. The van der Waals surface area contributed by atoms with Gasteiger partial charge in [-0.15, -0.1) is 10.2 Å². The smallest absolute Gasteiger partial charge is 0.249 e. The quantitative estimate of drug-likeness (QED) is 0.600. The molecule has 1 heterocycles. The molecule has 0 unspecified atom stereocenters. The molecule has 1 aromatic heterocycles. The van der Waals surface area contributed by atoms with Gasteiger partial charge >= 0.3 is 0 Å². The summed E-state index contributed by atoms with van der Waals surface area (Å²) in [5.74, 6) is 0.841. The predicted molar refractivity (Wildman–Crippen MR) is 82.9 cm³/mol. The molecule has 3 aromatic rings. The number of benzene rings is 2. The highest BCUT2D eigenvalue weighted by molar-refractivity contribution is 9.10. The van der Waals surface area contributed by atoms with Gasteiger partial charge in [0, 0.05) is 10.0 Å². The molecule has 3 rings (SSSR count). The second-order valence-corrected chi connectivity index (χ2v) is 5.69. The molecule has 2 aromatic carbocycles. The van der Waals surface area contributed by atoms with Gasteiger partial charge in [-0.05, 0) is 46.3 Å². The molecule has 0 bridgehead atoms. The number of nitrogens with zero attached hydrogens (tertiary/aromatic N) is 2. The van der Waals surface area contributed by atoms with E-state index in [-0.39, 0.29) is 0 Å². The van der Waals surface area contributed by atoms with E-state index >= 15 is 0 Å². The SMILES string of the molecule is Clc1ccc(-c2nnc(-c3ccccc3Br)o2)cc1Cl. The lowest BCUT2D eigenvalue weighted by atomic mass is 10.2. The van der Waals surface area contributed by atoms with Crippen LogP contribution in [0.15, 0.2) is 51.4 Å². The highest BCUT2D eigenvalue weighted by Gasteiger charge is 2.13. The van der Waals surface area contributed by atoms with E-state index in [0.29, 0.717) is 21.8 Å². The van der Waals surface area contributed by atoms with Crippen LogP contribution in [-0.4, -0.2) is 10.2 Å². The highest BCUT2D eigenvalue weighted by Crippen LogP contribution is 2.31. The number of hydrogen-bond acceptors (Lipinski definition) is 3. The number of halogens is 3. The summed E-state index contributed by atoms with van der Waals surface area (Å²) in [5, 5.41) is 9.02. The van der Waals surface area contributed by atoms with Crippen molar-refractivity contribution in [1.29, 1.82) is 0 Å². The van der Waals surface area contributed by atoms with Gasteiger partial charge in [0.15, 0.2) is 0 Å². The summed E-state index contributed by atoms with van der Waals surface area (Å²) in [7, 11) is 0. The van der Waals surface area contributed by atoms with E-state index in [1.165, 1.54) is 0 Å². The van der Waals surface area contributed by atoms with E-state index < -0.39 is 0 Å². The van der Waals surface area contributed by atoms with Gasteiger partial charge in [0.2, 0.25) is 11.8 Å². The standard InChI is InChI=1S/C14H7BrCl2N2O/c15-10-4-2-1-3-9(10)14-19-18-13(20-14)8-5-6-11(16)12(17)7-8/h1-7H. The van der Waals surface area contributed by atoms with Crippen LogP contribution < -0.4 is 0 Å². The van der Waals surface area contributed by atoms with Gasteiger partial charge < -0.3 is 4.42 Å². The normalized spacial score (nSPS) is 10.8. The first-order valence-corrected chi connectivity index (χ1v) is 7.24. The topological polar surface area (TPSA) is 38.9 Å². The maximum Gasteiger partial charge on any atom is 0.249 e. The van der Waals surface area contributed by atoms with Crippen molar-refractivity contribution in [1.82, 2.24) is 10.2 Å². The summed E-state index contributed by atoms with van der Waals surface area (Å²) in [6, 6.07) is 12.8. The van der Waals surface area contributed by atoms with Crippen molar-refractivity contribution >= 4 is 39.1 Å². The fourth-order valence-corrected chi connectivity index (χ4v) is 2.47. The minimum absolute atomic E-state index is 0.398. The fraction of sp³-hybridized carbons (Fsp3) is 0. The van der Waals surface area contributed by atoms with Gasteiger partial charge in [0.1, 0.15) is 0 Å². The maximum atomic E-state index is 5.98. The lowest BCUT2D eigenvalue weighted by molar-refractivity contribution is 0.584. The summed E-state index contributed by atoms with van der Waals surface area (Å²) in [4.78, 5) is 0. The van der Waals surface area contributed by atoms with E-state index in [4.69, 9.17) is 27.6 Å². The van der Waals surface area contributed by atoms with Crippen molar-refractivity contribution in [2.75, 3.05) is 0 Å². The molecule has 100 valence electrons. The Balaban J connectivity index is 2.02. The average molecular weight is 370 g/mol. The molecule has 20 heavy (non-hydrogen) atoms. The first-order valence-electron chi connectivity index (χ1n) is 5.69. The van der Waals surface area contributed by atoms with Crippen molar-refractivity contribution < 1.29 is 4.42 Å². The molecule has 0 aliphatic rings. The molecule has 6 heteroatoms. The first kappa shape index (κ1) is 13.6. The molecule has 0 N–H and O–H groups in total. The molecule has 0 saturated heterocycles. The van der Waals surface area contributed by atoms with Crippen LogP contribution in [-0.2, 0) is 0 Å².